The van der Waals surface area contributed by atoms with Gasteiger partial charge in [0.05, 0.1) is 11.9 Å². The molecule has 2 heterocycles. The van der Waals surface area contributed by atoms with E-state index >= 15 is 0 Å². The Morgan fingerprint density at radius 1 is 1.31 bits per heavy atom. The highest BCUT2D eigenvalue weighted by Crippen LogP contribution is 2.34. The molecule has 3 rings (SSSR count). The molecule has 2 aromatic rings. The zero-order chi connectivity index (χ0) is 21.2. The molecular weight excluding hydrogens is 417 g/mol. The van der Waals surface area contributed by atoms with E-state index in [9.17, 15) is 27.6 Å². The van der Waals surface area contributed by atoms with Crippen LogP contribution in [0.2, 0.25) is 0 Å². The molecule has 1 aliphatic rings. The van der Waals surface area contributed by atoms with Gasteiger partial charge in [-0.15, -0.1) is 13.2 Å². The van der Waals surface area contributed by atoms with Gasteiger partial charge in [-0.3, -0.25) is 14.4 Å². The van der Waals surface area contributed by atoms with Gasteiger partial charge in [-0.05, 0) is 18.4 Å². The summed E-state index contributed by atoms with van der Waals surface area (Å²) >= 11 is 0.987. The zero-order valence-electron chi connectivity index (χ0n) is 14.4. The number of alkyl halides is 3. The minimum atomic E-state index is -5.06. The number of aliphatic imine (C=N–C) groups is 1. The van der Waals surface area contributed by atoms with Crippen LogP contribution in [0.15, 0.2) is 29.4 Å². The lowest BCUT2D eigenvalue weighted by Crippen LogP contribution is -2.48. The standard InChI is InChI=1S/C15H11F3N6O4S/c1-29-14-21-12(26)10(13(27)22-14)11(25)20-7-3-2-6(8-5-19-24-23-8)4-9(7)28-15(16,17)18/h2-5,10H,1H3,(H,20,25)(H,19,23,24)(H,21,22,26,27). The Hall–Kier alpha value is -3.42. The summed E-state index contributed by atoms with van der Waals surface area (Å²) in [7, 11) is 0. The highest BCUT2D eigenvalue weighted by atomic mass is 32.2. The van der Waals surface area contributed by atoms with Crippen LogP contribution in [0.4, 0.5) is 18.9 Å². The van der Waals surface area contributed by atoms with Gasteiger partial charge in [0, 0.05) is 5.56 Å². The highest BCUT2D eigenvalue weighted by molar-refractivity contribution is 8.13. The van der Waals surface area contributed by atoms with Gasteiger partial charge in [0.1, 0.15) is 5.69 Å². The van der Waals surface area contributed by atoms with Gasteiger partial charge in [0.15, 0.2) is 16.8 Å². The number of rotatable bonds is 4. The molecule has 1 unspecified atom stereocenters. The first-order valence-corrected chi connectivity index (χ1v) is 8.94. The van der Waals surface area contributed by atoms with E-state index in [1.807, 2.05) is 0 Å². The number of amides is 3. The number of thioether (sulfide) groups is 1. The van der Waals surface area contributed by atoms with Crippen molar-refractivity contribution >= 4 is 40.3 Å². The van der Waals surface area contributed by atoms with E-state index in [-0.39, 0.29) is 16.4 Å². The summed E-state index contributed by atoms with van der Waals surface area (Å²) in [5, 5.41) is 14.0. The average molecular weight is 428 g/mol. The molecule has 0 fully saturated rings. The van der Waals surface area contributed by atoms with E-state index in [0.29, 0.717) is 0 Å². The molecule has 14 heteroatoms. The van der Waals surface area contributed by atoms with Crippen LogP contribution in [-0.4, -0.2) is 50.9 Å². The molecule has 0 saturated carbocycles. The number of hydrogen-bond donors (Lipinski definition) is 3. The van der Waals surface area contributed by atoms with Crippen molar-refractivity contribution in [3.63, 3.8) is 0 Å². The van der Waals surface area contributed by atoms with Crippen molar-refractivity contribution in [2.45, 2.75) is 6.36 Å². The fourth-order valence-corrected chi connectivity index (χ4v) is 2.73. The lowest BCUT2D eigenvalue weighted by molar-refractivity contribution is -0.274. The number of aromatic amines is 1. The van der Waals surface area contributed by atoms with Gasteiger partial charge in [0.2, 0.25) is 11.8 Å². The molecule has 1 aromatic carbocycles. The molecule has 0 bridgehead atoms. The quantitative estimate of drug-likeness (QED) is 0.624. The molecule has 3 N–H and O–H groups in total. The predicted octanol–water partition coefficient (Wildman–Crippen LogP) is 1.30. The first-order chi connectivity index (χ1) is 13.7. The van der Waals surface area contributed by atoms with Crippen LogP contribution in [0.3, 0.4) is 0 Å². The Morgan fingerprint density at radius 3 is 2.66 bits per heavy atom. The number of amidine groups is 1. The molecular formula is C15H11F3N6O4S. The summed E-state index contributed by atoms with van der Waals surface area (Å²) in [5.41, 5.74) is 0.0483. The van der Waals surface area contributed by atoms with Crippen molar-refractivity contribution in [1.82, 2.24) is 20.7 Å². The summed E-state index contributed by atoms with van der Waals surface area (Å²) in [4.78, 5) is 39.9. The van der Waals surface area contributed by atoms with Crippen LogP contribution in [0, 0.1) is 5.92 Å². The second-order valence-corrected chi connectivity index (χ2v) is 6.28. The Labute approximate surface area is 164 Å². The van der Waals surface area contributed by atoms with E-state index < -0.39 is 41.4 Å². The van der Waals surface area contributed by atoms with E-state index in [0.717, 1.165) is 23.9 Å². The number of benzene rings is 1. The zero-order valence-corrected chi connectivity index (χ0v) is 15.2. The molecule has 1 atom stereocenters. The van der Waals surface area contributed by atoms with Gasteiger partial charge < -0.3 is 15.4 Å². The Kier molecular flexibility index (Phi) is 5.54. The van der Waals surface area contributed by atoms with Crippen LogP contribution in [-0.2, 0) is 14.4 Å². The summed E-state index contributed by atoms with van der Waals surface area (Å²) in [6.45, 7) is 0. The van der Waals surface area contributed by atoms with E-state index in [1.165, 1.54) is 12.3 Å². The Morgan fingerprint density at radius 2 is 2.07 bits per heavy atom. The number of H-pyrrole nitrogens is 1. The van der Waals surface area contributed by atoms with Gasteiger partial charge in [-0.1, -0.05) is 17.8 Å². The first-order valence-electron chi connectivity index (χ1n) is 7.72. The molecule has 0 saturated heterocycles. The average Bonchev–Trinajstić information content (AvgIpc) is 3.16. The maximum Gasteiger partial charge on any atom is 0.573 e. The summed E-state index contributed by atoms with van der Waals surface area (Å²) in [5.74, 6) is -5.74. The van der Waals surface area contributed by atoms with Gasteiger partial charge in [0.25, 0.3) is 5.91 Å². The van der Waals surface area contributed by atoms with E-state index in [1.54, 1.807) is 6.26 Å². The van der Waals surface area contributed by atoms with Crippen molar-refractivity contribution in [2.24, 2.45) is 10.9 Å². The van der Waals surface area contributed by atoms with E-state index in [4.69, 9.17) is 0 Å². The van der Waals surface area contributed by atoms with Crippen LogP contribution in [0.25, 0.3) is 11.3 Å². The van der Waals surface area contributed by atoms with Crippen molar-refractivity contribution in [3.05, 3.63) is 24.4 Å². The molecule has 1 aromatic heterocycles. The van der Waals surface area contributed by atoms with Gasteiger partial charge >= 0.3 is 6.36 Å². The monoisotopic (exact) mass is 428 g/mol. The third-order valence-electron chi connectivity index (χ3n) is 3.58. The van der Waals surface area contributed by atoms with Crippen LogP contribution in [0.5, 0.6) is 5.75 Å². The van der Waals surface area contributed by atoms with Crippen molar-refractivity contribution in [3.8, 4) is 17.0 Å². The fraction of sp³-hybridized carbons (Fsp3) is 0.200. The van der Waals surface area contributed by atoms with Crippen LogP contribution in [0.1, 0.15) is 0 Å². The SMILES string of the molecule is CSC1=NC(=O)C(C(=O)Nc2ccc(-c3cn[nH]n3)cc2OC(F)(F)F)C(=O)N1. The van der Waals surface area contributed by atoms with Crippen LogP contribution < -0.4 is 15.4 Å². The molecule has 1 aliphatic heterocycles. The van der Waals surface area contributed by atoms with Gasteiger partial charge in [-0.25, -0.2) is 0 Å². The van der Waals surface area contributed by atoms with Crippen LogP contribution >= 0.6 is 11.8 Å². The third kappa shape index (κ3) is 4.71. The number of carbonyl (C=O) groups excluding carboxylic acids is 3. The summed E-state index contributed by atoms with van der Waals surface area (Å²) in [6.07, 6.45) is -2.22. The van der Waals surface area contributed by atoms with E-state index in [2.05, 4.69) is 35.8 Å². The first kappa shape index (κ1) is 20.3. The molecule has 0 spiro atoms. The third-order valence-corrected chi connectivity index (χ3v) is 4.16. The molecule has 0 radical (unpaired) electrons. The molecule has 29 heavy (non-hydrogen) atoms. The molecule has 152 valence electrons. The van der Waals surface area contributed by atoms with Crippen molar-refractivity contribution < 1.29 is 32.3 Å². The normalized spacial score (nSPS) is 16.8. The van der Waals surface area contributed by atoms with Crippen molar-refractivity contribution in [2.75, 3.05) is 11.6 Å². The second kappa shape index (κ2) is 7.90. The number of halogens is 3. The second-order valence-electron chi connectivity index (χ2n) is 5.48. The molecule has 0 aliphatic carbocycles. The minimum Gasteiger partial charge on any atom is -0.404 e. The number of nitrogens with zero attached hydrogens (tertiary/aromatic N) is 3. The molecule has 10 nitrogen and oxygen atoms in total. The lowest BCUT2D eigenvalue weighted by atomic mass is 10.1. The largest absolute Gasteiger partial charge is 0.573 e. The lowest BCUT2D eigenvalue weighted by Gasteiger charge is -2.20. The predicted molar refractivity (Wildman–Crippen MR) is 94.7 cm³/mol. The number of ether oxygens (including phenoxy) is 1. The Bertz CT molecular complexity index is 992. The number of anilines is 1. The minimum absolute atomic E-state index is 0.0158. The number of aromatic nitrogens is 3. The smallest absolute Gasteiger partial charge is 0.404 e. The Balaban J connectivity index is 1.89. The van der Waals surface area contributed by atoms with Crippen molar-refractivity contribution in [1.29, 1.82) is 0 Å². The highest BCUT2D eigenvalue weighted by Gasteiger charge is 2.39. The molecule has 3 amide bonds. The maximum atomic E-state index is 12.8. The number of carbonyl (C=O) groups is 3. The fourth-order valence-electron chi connectivity index (χ4n) is 2.35. The summed E-state index contributed by atoms with van der Waals surface area (Å²) < 4.78 is 42.3. The van der Waals surface area contributed by atoms with Gasteiger partial charge in [-0.2, -0.15) is 20.4 Å². The number of nitrogens with one attached hydrogen (secondary N) is 3. The topological polar surface area (TPSA) is 138 Å². The maximum absolute atomic E-state index is 12.8. The number of hydrogen-bond acceptors (Lipinski definition) is 7. The summed E-state index contributed by atoms with van der Waals surface area (Å²) in [6, 6.07) is 3.45.